The molecule has 0 saturated heterocycles. The first kappa shape index (κ1) is 8.01. The third kappa shape index (κ3) is 2.27. The Labute approximate surface area is 74.8 Å². The first-order valence-corrected chi connectivity index (χ1v) is 4.35. The first-order chi connectivity index (χ1) is 4.83. The molecule has 0 radical (unpaired) electrons. The van der Waals surface area contributed by atoms with Crippen LogP contribution in [-0.2, 0) is 6.42 Å². The van der Waals surface area contributed by atoms with Gasteiger partial charge in [-0.15, -0.1) is 0 Å². The summed E-state index contributed by atoms with van der Waals surface area (Å²) in [6.07, 6.45) is 0.983. The van der Waals surface area contributed by atoms with E-state index < -0.39 is 0 Å². The molecular weight excluding hydrogens is 237 g/mol. The van der Waals surface area contributed by atoms with Gasteiger partial charge in [0.25, 0.3) is 0 Å². The molecular formula is C8H10IN. The average Bonchev–Trinajstić information content (AvgIpc) is 1.88. The third-order valence-corrected chi connectivity index (χ3v) is 1.99. The van der Waals surface area contributed by atoms with Crippen molar-refractivity contribution in [2.24, 2.45) is 5.73 Å². The molecule has 0 aliphatic rings. The van der Waals surface area contributed by atoms with Crippen LogP contribution in [0.1, 0.15) is 5.56 Å². The molecule has 0 amide bonds. The molecule has 0 saturated carbocycles. The minimum atomic E-state index is 0.736. The molecule has 1 aromatic rings. The van der Waals surface area contributed by atoms with E-state index in [1.165, 1.54) is 9.13 Å². The van der Waals surface area contributed by atoms with Gasteiger partial charge in [0.05, 0.1) is 0 Å². The molecule has 0 fully saturated rings. The number of hydrogen-bond acceptors (Lipinski definition) is 1. The fourth-order valence-corrected chi connectivity index (χ4v) is 1.47. The Kier molecular flexibility index (Phi) is 3.15. The van der Waals surface area contributed by atoms with Crippen LogP contribution in [0.4, 0.5) is 0 Å². The van der Waals surface area contributed by atoms with Gasteiger partial charge in [-0.25, -0.2) is 0 Å². The van der Waals surface area contributed by atoms with Crippen molar-refractivity contribution in [3.63, 3.8) is 0 Å². The van der Waals surface area contributed by atoms with Gasteiger partial charge in [0.15, 0.2) is 0 Å². The van der Waals surface area contributed by atoms with E-state index in [4.69, 9.17) is 5.73 Å². The maximum absolute atomic E-state index is 5.41. The molecule has 0 heterocycles. The Morgan fingerprint density at radius 2 is 2.20 bits per heavy atom. The highest BCUT2D eigenvalue weighted by Crippen LogP contribution is 2.07. The molecule has 0 aromatic heterocycles. The lowest BCUT2D eigenvalue weighted by molar-refractivity contribution is 0.968. The van der Waals surface area contributed by atoms with E-state index in [2.05, 4.69) is 46.9 Å². The Morgan fingerprint density at radius 1 is 1.40 bits per heavy atom. The molecule has 1 aromatic carbocycles. The van der Waals surface area contributed by atoms with E-state index in [9.17, 15) is 0 Å². The molecule has 1 nitrogen and oxygen atoms in total. The summed E-state index contributed by atoms with van der Waals surface area (Å²) in [6.45, 7) is 0.736. The zero-order valence-corrected chi connectivity index (χ0v) is 7.84. The van der Waals surface area contributed by atoms with E-state index in [-0.39, 0.29) is 0 Å². The molecule has 0 spiro atoms. The van der Waals surface area contributed by atoms with Crippen LogP contribution in [0.15, 0.2) is 24.3 Å². The van der Waals surface area contributed by atoms with E-state index in [1.54, 1.807) is 0 Å². The van der Waals surface area contributed by atoms with Crippen LogP contribution < -0.4 is 5.73 Å². The number of benzene rings is 1. The average molecular weight is 247 g/mol. The SMILES string of the molecule is NCCc1cccc(I)c1. The highest BCUT2D eigenvalue weighted by molar-refractivity contribution is 14.1. The molecule has 0 aliphatic carbocycles. The molecule has 1 rings (SSSR count). The largest absolute Gasteiger partial charge is 0.330 e. The van der Waals surface area contributed by atoms with Gasteiger partial charge in [0, 0.05) is 3.57 Å². The van der Waals surface area contributed by atoms with Crippen molar-refractivity contribution >= 4 is 22.6 Å². The maximum Gasteiger partial charge on any atom is 0.0133 e. The van der Waals surface area contributed by atoms with Gasteiger partial charge in [0.2, 0.25) is 0 Å². The fourth-order valence-electron chi connectivity index (χ4n) is 0.859. The Hall–Kier alpha value is -0.0900. The van der Waals surface area contributed by atoms with Gasteiger partial charge in [-0.3, -0.25) is 0 Å². The summed E-state index contributed by atoms with van der Waals surface area (Å²) in [5, 5.41) is 0. The second-order valence-electron chi connectivity index (χ2n) is 2.17. The minimum Gasteiger partial charge on any atom is -0.330 e. The van der Waals surface area contributed by atoms with Crippen LogP contribution in [0, 0.1) is 3.57 Å². The van der Waals surface area contributed by atoms with Crippen molar-refractivity contribution in [2.75, 3.05) is 6.54 Å². The van der Waals surface area contributed by atoms with Gasteiger partial charge in [-0.2, -0.15) is 0 Å². The molecule has 2 heteroatoms. The van der Waals surface area contributed by atoms with Gasteiger partial charge >= 0.3 is 0 Å². The Morgan fingerprint density at radius 3 is 2.80 bits per heavy atom. The van der Waals surface area contributed by atoms with Crippen molar-refractivity contribution in [2.45, 2.75) is 6.42 Å². The standard InChI is InChI=1S/C8H10IN/c9-8-3-1-2-7(6-8)4-5-10/h1-3,6H,4-5,10H2. The second-order valence-corrected chi connectivity index (χ2v) is 3.41. The number of rotatable bonds is 2. The van der Waals surface area contributed by atoms with Crippen LogP contribution in [0.5, 0.6) is 0 Å². The van der Waals surface area contributed by atoms with E-state index >= 15 is 0 Å². The molecule has 10 heavy (non-hydrogen) atoms. The third-order valence-electron chi connectivity index (χ3n) is 1.32. The van der Waals surface area contributed by atoms with E-state index in [1.807, 2.05) is 0 Å². The summed E-state index contributed by atoms with van der Waals surface area (Å²) in [5.41, 5.74) is 6.74. The summed E-state index contributed by atoms with van der Waals surface area (Å²) < 4.78 is 1.28. The smallest absolute Gasteiger partial charge is 0.0133 e. The van der Waals surface area contributed by atoms with E-state index in [0.29, 0.717) is 0 Å². The quantitative estimate of drug-likeness (QED) is 0.792. The fraction of sp³-hybridized carbons (Fsp3) is 0.250. The summed E-state index contributed by atoms with van der Waals surface area (Å²) in [6, 6.07) is 8.41. The van der Waals surface area contributed by atoms with Crippen molar-refractivity contribution < 1.29 is 0 Å². The Bertz CT molecular complexity index is 210. The number of hydrogen-bond donors (Lipinski definition) is 1. The van der Waals surface area contributed by atoms with E-state index in [0.717, 1.165) is 13.0 Å². The first-order valence-electron chi connectivity index (χ1n) is 3.27. The molecule has 0 bridgehead atoms. The topological polar surface area (TPSA) is 26.0 Å². The second kappa shape index (κ2) is 3.93. The molecule has 0 atom stereocenters. The lowest BCUT2D eigenvalue weighted by atomic mass is 10.2. The highest BCUT2D eigenvalue weighted by atomic mass is 127. The molecule has 54 valence electrons. The van der Waals surface area contributed by atoms with Crippen molar-refractivity contribution in [1.29, 1.82) is 0 Å². The van der Waals surface area contributed by atoms with Crippen molar-refractivity contribution in [1.82, 2.24) is 0 Å². The predicted molar refractivity (Wildman–Crippen MR) is 51.9 cm³/mol. The predicted octanol–water partition coefficient (Wildman–Crippen LogP) is 1.79. The van der Waals surface area contributed by atoms with Crippen LogP contribution >= 0.6 is 22.6 Å². The summed E-state index contributed by atoms with van der Waals surface area (Å²) in [7, 11) is 0. The van der Waals surface area contributed by atoms with Crippen molar-refractivity contribution in [3.8, 4) is 0 Å². The van der Waals surface area contributed by atoms with Crippen LogP contribution in [0.3, 0.4) is 0 Å². The molecule has 0 unspecified atom stereocenters. The van der Waals surface area contributed by atoms with Crippen LogP contribution in [-0.4, -0.2) is 6.54 Å². The minimum absolute atomic E-state index is 0.736. The summed E-state index contributed by atoms with van der Waals surface area (Å²) in [5.74, 6) is 0. The monoisotopic (exact) mass is 247 g/mol. The zero-order chi connectivity index (χ0) is 7.40. The number of nitrogens with two attached hydrogens (primary N) is 1. The highest BCUT2D eigenvalue weighted by Gasteiger charge is 1.90. The van der Waals surface area contributed by atoms with Gasteiger partial charge in [-0.05, 0) is 53.3 Å². The summed E-state index contributed by atoms with van der Waals surface area (Å²) >= 11 is 2.30. The van der Waals surface area contributed by atoms with Crippen LogP contribution in [0.2, 0.25) is 0 Å². The normalized spacial score (nSPS) is 9.80. The zero-order valence-electron chi connectivity index (χ0n) is 5.68. The molecule has 2 N–H and O–H groups in total. The van der Waals surface area contributed by atoms with Crippen molar-refractivity contribution in [3.05, 3.63) is 33.4 Å². The maximum atomic E-state index is 5.41. The Balaban J connectivity index is 2.75. The van der Waals surface area contributed by atoms with Gasteiger partial charge in [-0.1, -0.05) is 12.1 Å². The summed E-state index contributed by atoms with van der Waals surface area (Å²) in [4.78, 5) is 0. The molecule has 0 aliphatic heterocycles. The van der Waals surface area contributed by atoms with Gasteiger partial charge < -0.3 is 5.73 Å². The lowest BCUT2D eigenvalue weighted by Crippen LogP contribution is -2.02. The van der Waals surface area contributed by atoms with Crippen LogP contribution in [0.25, 0.3) is 0 Å². The lowest BCUT2D eigenvalue weighted by Gasteiger charge is -1.97. The van der Waals surface area contributed by atoms with Gasteiger partial charge in [0.1, 0.15) is 0 Å². The number of halogens is 1.